The third kappa shape index (κ3) is 15.9. The molecule has 1 aromatic carbocycles. The minimum atomic E-state index is -1.22. The summed E-state index contributed by atoms with van der Waals surface area (Å²) in [6.45, 7) is 8.88. The third-order valence-corrected chi connectivity index (χ3v) is 6.26. The first-order valence-corrected chi connectivity index (χ1v) is 14.6. The molecule has 0 spiro atoms. The Labute approximate surface area is 249 Å². The quantitative estimate of drug-likeness (QED) is 0.123. The van der Waals surface area contributed by atoms with Gasteiger partial charge < -0.3 is 31.1 Å². The molecule has 1 rings (SSSR count). The Morgan fingerprint density at radius 3 is 2.19 bits per heavy atom. The van der Waals surface area contributed by atoms with Crippen molar-refractivity contribution in [3.63, 3.8) is 0 Å². The lowest BCUT2D eigenvalue weighted by molar-refractivity contribution is -0.133. The van der Waals surface area contributed by atoms with Gasteiger partial charge in [0.15, 0.2) is 5.78 Å². The Kier molecular flexibility index (Phi) is 17.5. The number of hydrogen-bond acceptors (Lipinski definition) is 7. The molecule has 0 aliphatic rings. The number of ketones is 1. The molecular formula is C31H48N4O7. The van der Waals surface area contributed by atoms with Gasteiger partial charge >= 0.3 is 6.09 Å². The van der Waals surface area contributed by atoms with Crippen LogP contribution in [0.15, 0.2) is 42.5 Å². The summed E-state index contributed by atoms with van der Waals surface area (Å²) in [5.74, 6) is -1.67. The smallest absolute Gasteiger partial charge is 0.407 e. The molecule has 0 aromatic heterocycles. The van der Waals surface area contributed by atoms with Crippen LogP contribution in [0.1, 0.15) is 72.3 Å². The highest BCUT2D eigenvalue weighted by molar-refractivity contribution is 5.92. The van der Waals surface area contributed by atoms with Gasteiger partial charge in [-0.3, -0.25) is 19.2 Å². The van der Waals surface area contributed by atoms with E-state index in [1.807, 2.05) is 44.2 Å². The molecule has 0 unspecified atom stereocenters. The van der Waals surface area contributed by atoms with E-state index in [-0.39, 0.29) is 36.6 Å². The van der Waals surface area contributed by atoms with Crippen molar-refractivity contribution in [1.29, 1.82) is 0 Å². The monoisotopic (exact) mass is 588 g/mol. The Morgan fingerprint density at radius 2 is 1.60 bits per heavy atom. The summed E-state index contributed by atoms with van der Waals surface area (Å²) in [6, 6.07) is 6.81. The average Bonchev–Trinajstić information content (AvgIpc) is 2.93. The number of aliphatic hydroxyl groups excluding tert-OH is 1. The van der Waals surface area contributed by atoms with E-state index in [9.17, 15) is 29.1 Å². The molecule has 0 heterocycles. The molecule has 3 atom stereocenters. The van der Waals surface area contributed by atoms with Crippen molar-refractivity contribution in [1.82, 2.24) is 21.3 Å². The number of hydrogen-bond donors (Lipinski definition) is 5. The van der Waals surface area contributed by atoms with E-state index in [4.69, 9.17) is 4.74 Å². The lowest BCUT2D eigenvalue weighted by atomic mass is 10.0. The molecule has 0 fully saturated rings. The lowest BCUT2D eigenvalue weighted by Crippen LogP contribution is -2.57. The number of allylic oxidation sites excluding steroid dienone is 1. The highest BCUT2D eigenvalue weighted by Crippen LogP contribution is 2.08. The predicted octanol–water partition coefficient (Wildman–Crippen LogP) is 2.77. The number of benzene rings is 1. The summed E-state index contributed by atoms with van der Waals surface area (Å²) in [5.41, 5.74) is 0.899. The van der Waals surface area contributed by atoms with Crippen LogP contribution in [0.2, 0.25) is 0 Å². The van der Waals surface area contributed by atoms with Gasteiger partial charge in [0.2, 0.25) is 17.7 Å². The number of nitrogens with one attached hydrogen (secondary N) is 4. The molecule has 0 saturated carbocycles. The van der Waals surface area contributed by atoms with E-state index in [1.165, 1.54) is 13.0 Å². The molecule has 11 heteroatoms. The van der Waals surface area contributed by atoms with Gasteiger partial charge in [0, 0.05) is 19.0 Å². The van der Waals surface area contributed by atoms with Crippen molar-refractivity contribution >= 4 is 29.6 Å². The molecule has 0 aliphatic carbocycles. The predicted molar refractivity (Wildman–Crippen MR) is 160 cm³/mol. The van der Waals surface area contributed by atoms with Gasteiger partial charge in [-0.2, -0.15) is 0 Å². The highest BCUT2D eigenvalue weighted by atomic mass is 16.5. The normalized spacial score (nSPS) is 13.3. The fourth-order valence-electron chi connectivity index (χ4n) is 4.02. The minimum Gasteiger partial charge on any atom is -0.445 e. The van der Waals surface area contributed by atoms with Crippen molar-refractivity contribution < 1.29 is 33.8 Å². The van der Waals surface area contributed by atoms with E-state index in [1.54, 1.807) is 19.9 Å². The first-order valence-electron chi connectivity index (χ1n) is 14.6. The lowest BCUT2D eigenvalue weighted by Gasteiger charge is -2.26. The molecule has 234 valence electrons. The maximum Gasteiger partial charge on any atom is 0.407 e. The van der Waals surface area contributed by atoms with Crippen LogP contribution in [-0.4, -0.2) is 66.0 Å². The summed E-state index contributed by atoms with van der Waals surface area (Å²) >= 11 is 0. The zero-order valence-corrected chi connectivity index (χ0v) is 25.5. The Balaban J connectivity index is 2.47. The summed E-state index contributed by atoms with van der Waals surface area (Å²) in [4.78, 5) is 61.5. The standard InChI is InChI=1S/C31H48N4O7/c1-21(2)18-25(16-15-23(5)37)33-29(39)26(19-36)34-30(40)28(22(3)4)35-27(38)14-10-7-11-17-32-31(41)42-20-24-12-8-6-9-13-24/h6,8-9,12-13,15-16,21-22,25-26,28,36H,7,10-11,14,17-20H2,1-5H3,(H,32,41)(H,33,39)(H,34,40)(H,35,38)/b16-15+/t25-,26+,28+/m1/s1. The number of unbranched alkanes of at least 4 members (excludes halogenated alkanes) is 2. The van der Waals surface area contributed by atoms with Crippen LogP contribution < -0.4 is 21.3 Å². The molecule has 5 N–H and O–H groups in total. The molecular weight excluding hydrogens is 540 g/mol. The maximum atomic E-state index is 13.0. The average molecular weight is 589 g/mol. The fraction of sp³-hybridized carbons (Fsp3) is 0.581. The van der Waals surface area contributed by atoms with Gasteiger partial charge in [0.25, 0.3) is 0 Å². The van der Waals surface area contributed by atoms with Gasteiger partial charge in [-0.25, -0.2) is 4.79 Å². The Morgan fingerprint density at radius 1 is 0.905 bits per heavy atom. The van der Waals surface area contributed by atoms with E-state index >= 15 is 0 Å². The van der Waals surface area contributed by atoms with E-state index in [2.05, 4.69) is 21.3 Å². The summed E-state index contributed by atoms with van der Waals surface area (Å²) in [6.07, 6.45) is 5.15. The number of amides is 4. The molecule has 4 amide bonds. The number of rotatable bonds is 19. The second kappa shape index (κ2) is 20.2. The SMILES string of the molecule is CC(=O)/C=C/[C@H](CC(C)C)NC(=O)[C@H](CO)NC(=O)[C@@H](NC(=O)CCCCCNC(=O)OCc1ccccc1)C(C)C. The van der Waals surface area contributed by atoms with Gasteiger partial charge in [-0.15, -0.1) is 0 Å². The molecule has 11 nitrogen and oxygen atoms in total. The van der Waals surface area contributed by atoms with Crippen molar-refractivity contribution in [3.8, 4) is 0 Å². The molecule has 1 aromatic rings. The molecule has 0 aliphatic heterocycles. The first kappa shape index (κ1) is 36.3. The van der Waals surface area contributed by atoms with E-state index in [0.717, 1.165) is 5.56 Å². The molecule has 42 heavy (non-hydrogen) atoms. The number of aliphatic hydroxyl groups is 1. The van der Waals surface area contributed by atoms with Crippen molar-refractivity contribution in [2.75, 3.05) is 13.2 Å². The van der Waals surface area contributed by atoms with Gasteiger partial charge in [-0.1, -0.05) is 70.5 Å². The largest absolute Gasteiger partial charge is 0.445 e. The topological polar surface area (TPSA) is 163 Å². The van der Waals surface area contributed by atoms with Gasteiger partial charge in [0.1, 0.15) is 18.7 Å². The second-order valence-corrected chi connectivity index (χ2v) is 11.0. The van der Waals surface area contributed by atoms with Crippen molar-refractivity contribution in [3.05, 3.63) is 48.0 Å². The van der Waals surface area contributed by atoms with Gasteiger partial charge in [0.05, 0.1) is 6.61 Å². The van der Waals surface area contributed by atoms with Crippen LogP contribution in [-0.2, 0) is 30.5 Å². The summed E-state index contributed by atoms with van der Waals surface area (Å²) in [5, 5.41) is 20.5. The first-order chi connectivity index (χ1) is 19.9. The van der Waals surface area contributed by atoms with Crippen LogP contribution >= 0.6 is 0 Å². The van der Waals surface area contributed by atoms with Gasteiger partial charge in [-0.05, 0) is 49.7 Å². The van der Waals surface area contributed by atoms with Crippen LogP contribution in [0.3, 0.4) is 0 Å². The molecule has 0 radical (unpaired) electrons. The Hall–Kier alpha value is -3.73. The van der Waals surface area contributed by atoms with Crippen LogP contribution in [0.4, 0.5) is 4.79 Å². The minimum absolute atomic E-state index is 0.156. The van der Waals surface area contributed by atoms with E-state index < -0.39 is 42.6 Å². The fourth-order valence-corrected chi connectivity index (χ4v) is 4.02. The number of carbonyl (C=O) groups excluding carboxylic acids is 5. The summed E-state index contributed by atoms with van der Waals surface area (Å²) in [7, 11) is 0. The van der Waals surface area contributed by atoms with Crippen LogP contribution in [0.25, 0.3) is 0 Å². The van der Waals surface area contributed by atoms with Crippen molar-refractivity contribution in [2.45, 2.75) is 91.5 Å². The zero-order chi connectivity index (χ0) is 31.5. The number of carbonyl (C=O) groups is 5. The summed E-state index contributed by atoms with van der Waals surface area (Å²) < 4.78 is 5.16. The highest BCUT2D eigenvalue weighted by Gasteiger charge is 2.29. The number of alkyl carbamates (subject to hydrolysis) is 1. The van der Waals surface area contributed by atoms with Crippen LogP contribution in [0.5, 0.6) is 0 Å². The van der Waals surface area contributed by atoms with Crippen LogP contribution in [0, 0.1) is 11.8 Å². The zero-order valence-electron chi connectivity index (χ0n) is 25.5. The van der Waals surface area contributed by atoms with Crippen molar-refractivity contribution in [2.24, 2.45) is 11.8 Å². The second-order valence-electron chi connectivity index (χ2n) is 11.0. The molecule has 0 bridgehead atoms. The maximum absolute atomic E-state index is 13.0. The third-order valence-electron chi connectivity index (χ3n) is 6.26. The van der Waals surface area contributed by atoms with E-state index in [0.29, 0.717) is 32.2 Å². The number of ether oxygens (including phenoxy) is 1. The Bertz CT molecular complexity index is 1030. The molecule has 0 saturated heterocycles.